The molecule has 0 saturated carbocycles. The molecule has 3 aromatic heterocycles. The van der Waals surface area contributed by atoms with E-state index >= 15 is 0 Å². The minimum absolute atomic E-state index is 0.0190. The van der Waals surface area contributed by atoms with E-state index < -0.39 is 0 Å². The van der Waals surface area contributed by atoms with Gasteiger partial charge in [0.1, 0.15) is 12.1 Å². The number of amides is 1. The molecule has 1 aromatic carbocycles. The van der Waals surface area contributed by atoms with Crippen LogP contribution in [0.1, 0.15) is 33.9 Å². The zero-order chi connectivity index (χ0) is 18.4. The number of nitrogen functional groups attached to an aromatic ring is 1. The van der Waals surface area contributed by atoms with Crippen molar-refractivity contribution in [1.29, 1.82) is 0 Å². The van der Waals surface area contributed by atoms with Gasteiger partial charge in [0, 0.05) is 5.56 Å². The lowest BCUT2D eigenvalue weighted by Gasteiger charge is -2.14. The first kappa shape index (κ1) is 15.6. The first-order chi connectivity index (χ1) is 13.2. The Kier molecular flexibility index (Phi) is 3.46. The van der Waals surface area contributed by atoms with Gasteiger partial charge in [-0.3, -0.25) is 4.79 Å². The number of aromatic nitrogens is 3. The SMILES string of the molecule is Nc1cc(C(=O)NC2CCc3ccccc32)cc2nc(-c3ccoc3)nn12. The number of furan rings is 1. The number of pyridine rings is 1. The average molecular weight is 359 g/mol. The Bertz CT molecular complexity index is 1150. The normalized spacial score (nSPS) is 15.8. The van der Waals surface area contributed by atoms with E-state index in [4.69, 9.17) is 10.2 Å². The predicted octanol–water partition coefficient (Wildman–Crippen LogP) is 2.99. The highest BCUT2D eigenvalue weighted by Gasteiger charge is 2.24. The van der Waals surface area contributed by atoms with Crippen LogP contribution in [0.25, 0.3) is 17.0 Å². The largest absolute Gasteiger partial charge is 0.472 e. The first-order valence-electron chi connectivity index (χ1n) is 8.76. The fourth-order valence-corrected chi connectivity index (χ4v) is 3.60. The summed E-state index contributed by atoms with van der Waals surface area (Å²) >= 11 is 0. The van der Waals surface area contributed by atoms with Crippen molar-refractivity contribution in [1.82, 2.24) is 19.9 Å². The molecular formula is C20H17N5O2. The second kappa shape index (κ2) is 5.98. The van der Waals surface area contributed by atoms with E-state index in [-0.39, 0.29) is 11.9 Å². The molecule has 1 amide bonds. The first-order valence-corrected chi connectivity index (χ1v) is 8.76. The lowest BCUT2D eigenvalue weighted by molar-refractivity contribution is 0.0936. The summed E-state index contributed by atoms with van der Waals surface area (Å²) in [5, 5.41) is 7.49. The quantitative estimate of drug-likeness (QED) is 0.586. The third kappa shape index (κ3) is 2.64. The number of carbonyl (C=O) groups excluding carboxylic acids is 1. The van der Waals surface area contributed by atoms with Crippen LogP contribution >= 0.6 is 0 Å². The molecule has 0 spiro atoms. The second-order valence-electron chi connectivity index (χ2n) is 6.65. The van der Waals surface area contributed by atoms with E-state index in [2.05, 4.69) is 27.5 Å². The van der Waals surface area contributed by atoms with Crippen molar-refractivity contribution in [3.8, 4) is 11.4 Å². The van der Waals surface area contributed by atoms with E-state index in [1.165, 1.54) is 15.6 Å². The summed E-state index contributed by atoms with van der Waals surface area (Å²) in [6.45, 7) is 0. The average Bonchev–Trinajstić information content (AvgIpc) is 3.41. The molecule has 0 saturated heterocycles. The lowest BCUT2D eigenvalue weighted by Crippen LogP contribution is -2.27. The second-order valence-corrected chi connectivity index (χ2v) is 6.65. The summed E-state index contributed by atoms with van der Waals surface area (Å²) < 4.78 is 6.59. The molecule has 3 heterocycles. The zero-order valence-corrected chi connectivity index (χ0v) is 14.4. The Labute approximate surface area is 154 Å². The van der Waals surface area contributed by atoms with Crippen LogP contribution in [0, 0.1) is 0 Å². The van der Waals surface area contributed by atoms with Crippen molar-refractivity contribution in [3.05, 3.63) is 71.7 Å². The number of nitrogens with two attached hydrogens (primary N) is 1. The van der Waals surface area contributed by atoms with Gasteiger partial charge in [0.2, 0.25) is 0 Å². The van der Waals surface area contributed by atoms with Gasteiger partial charge >= 0.3 is 0 Å². The number of anilines is 1. The van der Waals surface area contributed by atoms with Crippen LogP contribution in [0.3, 0.4) is 0 Å². The minimum Gasteiger partial charge on any atom is -0.472 e. The van der Waals surface area contributed by atoms with Crippen LogP contribution in [0.4, 0.5) is 5.82 Å². The Hall–Kier alpha value is -3.61. The summed E-state index contributed by atoms with van der Waals surface area (Å²) in [6, 6.07) is 13.3. The molecule has 1 aliphatic rings. The van der Waals surface area contributed by atoms with Gasteiger partial charge in [-0.1, -0.05) is 24.3 Å². The summed E-state index contributed by atoms with van der Waals surface area (Å²) in [4.78, 5) is 17.3. The summed E-state index contributed by atoms with van der Waals surface area (Å²) in [5.74, 6) is 0.684. The molecule has 7 heteroatoms. The van der Waals surface area contributed by atoms with Crippen molar-refractivity contribution < 1.29 is 9.21 Å². The van der Waals surface area contributed by atoms with E-state index in [1.54, 1.807) is 30.7 Å². The van der Waals surface area contributed by atoms with Gasteiger partial charge < -0.3 is 15.5 Å². The molecule has 5 rings (SSSR count). The molecule has 3 N–H and O–H groups in total. The van der Waals surface area contributed by atoms with E-state index in [1.807, 2.05) is 12.1 Å². The monoisotopic (exact) mass is 359 g/mol. The number of fused-ring (bicyclic) bond motifs is 2. The predicted molar refractivity (Wildman–Crippen MR) is 100 cm³/mol. The zero-order valence-electron chi connectivity index (χ0n) is 14.4. The Morgan fingerprint density at radius 1 is 1.26 bits per heavy atom. The number of nitrogens with zero attached hydrogens (tertiary/aromatic N) is 3. The Morgan fingerprint density at radius 3 is 3.00 bits per heavy atom. The van der Waals surface area contributed by atoms with E-state index in [9.17, 15) is 4.79 Å². The molecule has 1 aliphatic carbocycles. The molecule has 0 bridgehead atoms. The lowest BCUT2D eigenvalue weighted by atomic mass is 10.1. The van der Waals surface area contributed by atoms with Crippen LogP contribution in [-0.2, 0) is 6.42 Å². The molecule has 0 aliphatic heterocycles. The molecule has 0 fully saturated rings. The van der Waals surface area contributed by atoms with Gasteiger partial charge in [-0.15, -0.1) is 5.10 Å². The van der Waals surface area contributed by atoms with Gasteiger partial charge in [-0.25, -0.2) is 4.98 Å². The highest BCUT2D eigenvalue weighted by molar-refractivity contribution is 5.96. The fraction of sp³-hybridized carbons (Fsp3) is 0.150. The molecular weight excluding hydrogens is 342 g/mol. The number of hydrogen-bond donors (Lipinski definition) is 2. The Morgan fingerprint density at radius 2 is 2.15 bits per heavy atom. The summed E-state index contributed by atoms with van der Waals surface area (Å²) in [6.07, 6.45) is 5.00. The molecule has 4 aromatic rings. The highest BCUT2D eigenvalue weighted by Crippen LogP contribution is 2.31. The fourth-order valence-electron chi connectivity index (χ4n) is 3.60. The third-order valence-electron chi connectivity index (χ3n) is 4.94. The van der Waals surface area contributed by atoms with Crippen LogP contribution in [-0.4, -0.2) is 20.5 Å². The van der Waals surface area contributed by atoms with Gasteiger partial charge in [-0.2, -0.15) is 4.52 Å². The van der Waals surface area contributed by atoms with Crippen LogP contribution in [0.15, 0.2) is 59.4 Å². The number of hydrogen-bond acceptors (Lipinski definition) is 5. The maximum absolute atomic E-state index is 12.8. The molecule has 0 radical (unpaired) electrons. The van der Waals surface area contributed by atoms with Crippen LogP contribution < -0.4 is 11.1 Å². The van der Waals surface area contributed by atoms with Crippen LogP contribution in [0.5, 0.6) is 0 Å². The summed E-state index contributed by atoms with van der Waals surface area (Å²) in [7, 11) is 0. The maximum atomic E-state index is 12.8. The molecule has 7 nitrogen and oxygen atoms in total. The van der Waals surface area contributed by atoms with Crippen molar-refractivity contribution >= 4 is 17.4 Å². The molecule has 134 valence electrons. The minimum atomic E-state index is -0.168. The number of rotatable bonds is 3. The third-order valence-corrected chi connectivity index (χ3v) is 4.94. The smallest absolute Gasteiger partial charge is 0.252 e. The van der Waals surface area contributed by atoms with Gasteiger partial charge in [-0.05, 0) is 42.2 Å². The van der Waals surface area contributed by atoms with Crippen molar-refractivity contribution in [2.24, 2.45) is 0 Å². The van der Waals surface area contributed by atoms with Crippen molar-refractivity contribution in [2.75, 3.05) is 5.73 Å². The van der Waals surface area contributed by atoms with Gasteiger partial charge in [0.25, 0.3) is 5.91 Å². The maximum Gasteiger partial charge on any atom is 0.252 e. The summed E-state index contributed by atoms with van der Waals surface area (Å²) in [5.41, 5.74) is 10.3. The number of aryl methyl sites for hydroxylation is 1. The van der Waals surface area contributed by atoms with E-state index in [0.717, 1.165) is 18.4 Å². The Balaban J connectivity index is 1.45. The van der Waals surface area contributed by atoms with Gasteiger partial charge in [0.05, 0.1) is 17.9 Å². The van der Waals surface area contributed by atoms with Crippen molar-refractivity contribution in [2.45, 2.75) is 18.9 Å². The number of carbonyl (C=O) groups is 1. The standard InChI is InChI=1S/C20H17N5O2/c21-17-9-14(10-18-23-19(24-25(17)18)13-7-8-27-11-13)20(26)22-16-6-5-12-3-1-2-4-15(12)16/h1-4,7-11,16H,5-6,21H2,(H,22,26). The van der Waals surface area contributed by atoms with Crippen molar-refractivity contribution in [3.63, 3.8) is 0 Å². The molecule has 1 unspecified atom stereocenters. The molecule has 1 atom stereocenters. The van der Waals surface area contributed by atoms with E-state index in [0.29, 0.717) is 22.9 Å². The topological polar surface area (TPSA) is 98.5 Å². The number of benzene rings is 1. The number of nitrogens with one attached hydrogen (secondary N) is 1. The van der Waals surface area contributed by atoms with Gasteiger partial charge in [0.15, 0.2) is 11.5 Å². The molecule has 27 heavy (non-hydrogen) atoms. The van der Waals surface area contributed by atoms with Crippen LogP contribution in [0.2, 0.25) is 0 Å². The highest BCUT2D eigenvalue weighted by atomic mass is 16.3.